The zero-order chi connectivity index (χ0) is 21.8. The smallest absolute Gasteiger partial charge is 0.305 e. The standard InChI is InChI=1S/C20H24N2O8/c23-17-5-6-18(24)22(17)16-3-1-15(2-4-16)20(27)21-8-10-29-12-14-30-13-11-28-9-7-19(25)26/h1-6H,7-14H2,(H,21,27)(H,25,26). The van der Waals surface area contributed by atoms with Crippen LogP contribution in [-0.2, 0) is 28.6 Å². The highest BCUT2D eigenvalue weighted by Gasteiger charge is 2.25. The summed E-state index contributed by atoms with van der Waals surface area (Å²) in [7, 11) is 0. The molecule has 1 aromatic carbocycles. The van der Waals surface area contributed by atoms with E-state index in [0.717, 1.165) is 4.90 Å². The third-order valence-corrected chi connectivity index (χ3v) is 3.93. The van der Waals surface area contributed by atoms with Crippen LogP contribution < -0.4 is 10.2 Å². The van der Waals surface area contributed by atoms with Gasteiger partial charge in [-0.1, -0.05) is 0 Å². The van der Waals surface area contributed by atoms with E-state index in [1.54, 1.807) is 0 Å². The molecule has 10 nitrogen and oxygen atoms in total. The van der Waals surface area contributed by atoms with Crippen molar-refractivity contribution in [2.24, 2.45) is 0 Å². The minimum Gasteiger partial charge on any atom is -0.481 e. The Labute approximate surface area is 173 Å². The van der Waals surface area contributed by atoms with E-state index >= 15 is 0 Å². The van der Waals surface area contributed by atoms with Gasteiger partial charge >= 0.3 is 5.97 Å². The lowest BCUT2D eigenvalue weighted by atomic mass is 10.2. The molecule has 30 heavy (non-hydrogen) atoms. The molecule has 2 rings (SSSR count). The number of carbonyl (C=O) groups is 4. The molecule has 2 N–H and O–H groups in total. The van der Waals surface area contributed by atoms with Crippen LogP contribution in [0, 0.1) is 0 Å². The largest absolute Gasteiger partial charge is 0.481 e. The Morgan fingerprint density at radius 1 is 0.833 bits per heavy atom. The van der Waals surface area contributed by atoms with E-state index in [0.29, 0.717) is 50.8 Å². The molecule has 0 unspecified atom stereocenters. The topological polar surface area (TPSA) is 131 Å². The highest BCUT2D eigenvalue weighted by Crippen LogP contribution is 2.19. The molecule has 10 heteroatoms. The van der Waals surface area contributed by atoms with Crippen molar-refractivity contribution in [3.8, 4) is 0 Å². The van der Waals surface area contributed by atoms with Gasteiger partial charge in [0.2, 0.25) is 0 Å². The van der Waals surface area contributed by atoms with Crippen LogP contribution in [0.3, 0.4) is 0 Å². The average molecular weight is 420 g/mol. The van der Waals surface area contributed by atoms with Gasteiger partial charge < -0.3 is 24.6 Å². The van der Waals surface area contributed by atoms with Crippen molar-refractivity contribution in [3.05, 3.63) is 42.0 Å². The van der Waals surface area contributed by atoms with Crippen molar-refractivity contribution in [2.45, 2.75) is 6.42 Å². The van der Waals surface area contributed by atoms with Crippen molar-refractivity contribution in [1.82, 2.24) is 5.32 Å². The van der Waals surface area contributed by atoms with Crippen LogP contribution in [0.1, 0.15) is 16.8 Å². The summed E-state index contributed by atoms with van der Waals surface area (Å²) in [5, 5.41) is 11.2. The van der Waals surface area contributed by atoms with Gasteiger partial charge in [0.05, 0.1) is 51.7 Å². The van der Waals surface area contributed by atoms with E-state index < -0.39 is 17.8 Å². The molecule has 0 aliphatic carbocycles. The fourth-order valence-electron chi connectivity index (χ4n) is 2.46. The molecule has 0 fully saturated rings. The molecule has 0 saturated carbocycles. The molecule has 1 heterocycles. The third-order valence-electron chi connectivity index (χ3n) is 3.93. The van der Waals surface area contributed by atoms with Gasteiger partial charge in [0.1, 0.15) is 0 Å². The Kier molecular flexibility index (Phi) is 9.65. The maximum Gasteiger partial charge on any atom is 0.305 e. The van der Waals surface area contributed by atoms with Crippen LogP contribution >= 0.6 is 0 Å². The van der Waals surface area contributed by atoms with Gasteiger partial charge in [0.25, 0.3) is 17.7 Å². The van der Waals surface area contributed by atoms with Crippen molar-refractivity contribution in [1.29, 1.82) is 0 Å². The van der Waals surface area contributed by atoms with Crippen LogP contribution in [0.15, 0.2) is 36.4 Å². The lowest BCUT2D eigenvalue weighted by Crippen LogP contribution is -2.30. The highest BCUT2D eigenvalue weighted by atomic mass is 16.5. The van der Waals surface area contributed by atoms with Crippen LogP contribution in [0.25, 0.3) is 0 Å². The SMILES string of the molecule is O=C(O)CCOCCOCCOCCNC(=O)c1ccc(N2C(=O)C=CC2=O)cc1. The molecular formula is C20H24N2O8. The number of imide groups is 1. The number of carbonyl (C=O) groups excluding carboxylic acids is 3. The third kappa shape index (κ3) is 7.74. The number of anilines is 1. The normalized spacial score (nSPS) is 13.1. The van der Waals surface area contributed by atoms with E-state index in [4.69, 9.17) is 19.3 Å². The fraction of sp³-hybridized carbons (Fsp3) is 0.400. The summed E-state index contributed by atoms with van der Waals surface area (Å²) in [6, 6.07) is 6.15. The quantitative estimate of drug-likeness (QED) is 0.326. The molecule has 0 bridgehead atoms. The number of carboxylic acids is 1. The minimum absolute atomic E-state index is 0.0335. The second-order valence-electron chi connectivity index (χ2n) is 6.13. The Bertz CT molecular complexity index is 758. The first-order valence-electron chi connectivity index (χ1n) is 9.38. The first kappa shape index (κ1) is 23.2. The number of amides is 3. The van der Waals surface area contributed by atoms with Gasteiger partial charge in [-0.2, -0.15) is 0 Å². The van der Waals surface area contributed by atoms with E-state index in [-0.39, 0.29) is 18.9 Å². The van der Waals surface area contributed by atoms with Gasteiger partial charge in [-0.25, -0.2) is 4.90 Å². The van der Waals surface area contributed by atoms with Crippen molar-refractivity contribution >= 4 is 29.4 Å². The Morgan fingerprint density at radius 2 is 1.37 bits per heavy atom. The lowest BCUT2D eigenvalue weighted by molar-refractivity contribution is -0.138. The number of aliphatic carboxylic acids is 1. The fourth-order valence-corrected chi connectivity index (χ4v) is 2.46. The monoisotopic (exact) mass is 420 g/mol. The van der Waals surface area contributed by atoms with Gasteiger partial charge in [-0.3, -0.25) is 19.2 Å². The first-order valence-corrected chi connectivity index (χ1v) is 9.38. The summed E-state index contributed by atoms with van der Waals surface area (Å²) in [6.07, 6.45) is 2.36. The number of hydrogen-bond donors (Lipinski definition) is 2. The highest BCUT2D eigenvalue weighted by molar-refractivity contribution is 6.28. The van der Waals surface area contributed by atoms with E-state index in [2.05, 4.69) is 5.32 Å². The van der Waals surface area contributed by atoms with E-state index in [1.165, 1.54) is 36.4 Å². The summed E-state index contributed by atoms with van der Waals surface area (Å²) in [6.45, 7) is 2.16. The lowest BCUT2D eigenvalue weighted by Gasteiger charge is -2.14. The zero-order valence-electron chi connectivity index (χ0n) is 16.4. The molecule has 0 spiro atoms. The minimum atomic E-state index is -0.902. The summed E-state index contributed by atoms with van der Waals surface area (Å²) in [4.78, 5) is 46.7. The number of benzene rings is 1. The Hall–Kier alpha value is -3.08. The molecule has 3 amide bonds. The maximum absolute atomic E-state index is 12.1. The molecule has 1 aromatic rings. The molecule has 162 valence electrons. The number of rotatable bonds is 14. The summed E-state index contributed by atoms with van der Waals surface area (Å²) >= 11 is 0. The van der Waals surface area contributed by atoms with Gasteiger partial charge in [0.15, 0.2) is 0 Å². The molecule has 1 aliphatic heterocycles. The van der Waals surface area contributed by atoms with Gasteiger partial charge in [-0.05, 0) is 24.3 Å². The number of nitrogens with zero attached hydrogens (tertiary/aromatic N) is 1. The van der Waals surface area contributed by atoms with Gasteiger partial charge in [0, 0.05) is 24.3 Å². The van der Waals surface area contributed by atoms with Gasteiger partial charge in [-0.15, -0.1) is 0 Å². The maximum atomic E-state index is 12.1. The molecular weight excluding hydrogens is 396 g/mol. The first-order chi connectivity index (χ1) is 14.5. The van der Waals surface area contributed by atoms with E-state index in [1.807, 2.05) is 0 Å². The molecule has 0 atom stereocenters. The number of carboxylic acid groups (broad SMARTS) is 1. The summed E-state index contributed by atoms with van der Waals surface area (Å²) in [5.74, 6) is -2.02. The van der Waals surface area contributed by atoms with Crippen molar-refractivity contribution in [3.63, 3.8) is 0 Å². The van der Waals surface area contributed by atoms with Crippen LogP contribution in [0.5, 0.6) is 0 Å². The van der Waals surface area contributed by atoms with E-state index in [9.17, 15) is 19.2 Å². The number of ether oxygens (including phenoxy) is 3. The Balaban J connectivity index is 1.52. The average Bonchev–Trinajstić information content (AvgIpc) is 3.06. The van der Waals surface area contributed by atoms with Crippen molar-refractivity contribution < 1.29 is 38.5 Å². The molecule has 0 aromatic heterocycles. The molecule has 0 radical (unpaired) electrons. The summed E-state index contributed by atoms with van der Waals surface area (Å²) in [5.41, 5.74) is 0.805. The molecule has 1 aliphatic rings. The van der Waals surface area contributed by atoms with Crippen LogP contribution in [0.2, 0.25) is 0 Å². The van der Waals surface area contributed by atoms with Crippen LogP contribution in [-0.4, -0.2) is 75.0 Å². The van der Waals surface area contributed by atoms with Crippen molar-refractivity contribution in [2.75, 3.05) is 51.1 Å². The second-order valence-corrected chi connectivity index (χ2v) is 6.13. The molecule has 0 saturated heterocycles. The van der Waals surface area contributed by atoms with Crippen LogP contribution in [0.4, 0.5) is 5.69 Å². The number of nitrogens with one attached hydrogen (secondary N) is 1. The predicted octanol–water partition coefficient (Wildman–Crippen LogP) is 0.370. The second kappa shape index (κ2) is 12.5. The summed E-state index contributed by atoms with van der Waals surface area (Å²) < 4.78 is 15.7. The number of hydrogen-bond acceptors (Lipinski definition) is 7. The Morgan fingerprint density at radius 3 is 1.93 bits per heavy atom. The predicted molar refractivity (Wildman–Crippen MR) is 105 cm³/mol. The zero-order valence-corrected chi connectivity index (χ0v) is 16.4.